The number of rotatable bonds is 0. The van der Waals surface area contributed by atoms with E-state index >= 15 is 0 Å². The van der Waals surface area contributed by atoms with E-state index in [0.717, 1.165) is 25.1 Å². The lowest BCUT2D eigenvalue weighted by atomic mass is 10.0. The zero-order valence-corrected chi connectivity index (χ0v) is 9.79. The minimum Gasteiger partial charge on any atom is -0.464 e. The smallest absolute Gasteiger partial charge is 0.134 e. The second kappa shape index (κ2) is 3.14. The molecular formula is C14H14N2O. The Bertz CT molecular complexity index is 707. The summed E-state index contributed by atoms with van der Waals surface area (Å²) in [5, 5.41) is 2.58. The number of hydrogen-bond donors (Lipinski definition) is 1. The summed E-state index contributed by atoms with van der Waals surface area (Å²) >= 11 is 0. The lowest BCUT2D eigenvalue weighted by molar-refractivity contribution is 0.313. The Morgan fingerprint density at radius 2 is 2.24 bits per heavy atom. The first kappa shape index (κ1) is 9.31. The summed E-state index contributed by atoms with van der Waals surface area (Å²) < 4.78 is 5.49. The number of aromatic amines is 1. The number of H-pyrrole nitrogens is 1. The summed E-state index contributed by atoms with van der Waals surface area (Å²) in [7, 11) is 2.18. The molecular weight excluding hydrogens is 212 g/mol. The van der Waals surface area contributed by atoms with Gasteiger partial charge in [0.1, 0.15) is 5.58 Å². The van der Waals surface area contributed by atoms with Crippen LogP contribution in [0.15, 0.2) is 28.9 Å². The molecule has 3 aromatic rings. The summed E-state index contributed by atoms with van der Waals surface area (Å²) in [5.41, 5.74) is 5.05. The van der Waals surface area contributed by atoms with Crippen LogP contribution in [0.3, 0.4) is 0 Å². The van der Waals surface area contributed by atoms with Gasteiger partial charge >= 0.3 is 0 Å². The molecule has 0 unspecified atom stereocenters. The van der Waals surface area contributed by atoms with E-state index in [1.54, 1.807) is 6.26 Å². The maximum atomic E-state index is 5.49. The Labute approximate surface area is 99.0 Å². The molecule has 1 N–H and O–H groups in total. The minimum absolute atomic E-state index is 0.979. The molecule has 1 aromatic carbocycles. The van der Waals surface area contributed by atoms with E-state index in [1.807, 2.05) is 6.07 Å². The van der Waals surface area contributed by atoms with Crippen LogP contribution in [0.5, 0.6) is 0 Å². The van der Waals surface area contributed by atoms with Gasteiger partial charge in [-0.2, -0.15) is 0 Å². The zero-order valence-electron chi connectivity index (χ0n) is 9.79. The molecule has 0 spiro atoms. The molecule has 3 nitrogen and oxygen atoms in total. The van der Waals surface area contributed by atoms with Gasteiger partial charge in [-0.1, -0.05) is 0 Å². The van der Waals surface area contributed by atoms with Gasteiger partial charge < -0.3 is 14.3 Å². The number of nitrogens with zero attached hydrogens (tertiary/aromatic N) is 1. The largest absolute Gasteiger partial charge is 0.464 e. The topological polar surface area (TPSA) is 32.2 Å². The second-order valence-corrected chi connectivity index (χ2v) is 4.89. The van der Waals surface area contributed by atoms with Gasteiger partial charge in [0.25, 0.3) is 0 Å². The average molecular weight is 226 g/mol. The molecule has 0 fully saturated rings. The Balaban J connectivity index is 2.14. The molecule has 0 bridgehead atoms. The van der Waals surface area contributed by atoms with Crippen LogP contribution in [-0.2, 0) is 13.0 Å². The fraction of sp³-hybridized carbons (Fsp3) is 0.286. The number of furan rings is 1. The number of likely N-dealkylation sites (N-methyl/N-ethyl adjacent to an activating group) is 1. The molecule has 4 rings (SSSR count). The molecule has 0 saturated carbocycles. The summed E-state index contributed by atoms with van der Waals surface area (Å²) in [6, 6.07) is 6.24. The average Bonchev–Trinajstić information content (AvgIpc) is 2.90. The maximum absolute atomic E-state index is 5.49. The third-order valence-corrected chi connectivity index (χ3v) is 3.76. The SMILES string of the molecule is CN1CCc2[nH]c3ccc4occc4c3c2C1. The van der Waals surface area contributed by atoms with Crippen LogP contribution in [-0.4, -0.2) is 23.5 Å². The first-order valence-corrected chi connectivity index (χ1v) is 6.01. The van der Waals surface area contributed by atoms with Gasteiger partial charge in [-0.05, 0) is 30.8 Å². The van der Waals surface area contributed by atoms with Crippen molar-refractivity contribution in [3.05, 3.63) is 35.7 Å². The Kier molecular flexibility index (Phi) is 1.72. The van der Waals surface area contributed by atoms with Crippen LogP contribution in [0.25, 0.3) is 21.9 Å². The molecule has 3 heteroatoms. The predicted octanol–water partition coefficient (Wildman–Crippen LogP) is 2.90. The first-order chi connectivity index (χ1) is 8.33. The van der Waals surface area contributed by atoms with E-state index in [-0.39, 0.29) is 0 Å². The molecule has 1 aliphatic heterocycles. The van der Waals surface area contributed by atoms with Crippen LogP contribution in [0, 0.1) is 0 Å². The summed E-state index contributed by atoms with van der Waals surface area (Å²) in [5.74, 6) is 0. The van der Waals surface area contributed by atoms with Gasteiger partial charge in [-0.25, -0.2) is 0 Å². The van der Waals surface area contributed by atoms with Crippen LogP contribution in [0.2, 0.25) is 0 Å². The lowest BCUT2D eigenvalue weighted by Crippen LogP contribution is -2.26. The van der Waals surface area contributed by atoms with Gasteiger partial charge in [-0.3, -0.25) is 0 Å². The monoisotopic (exact) mass is 226 g/mol. The van der Waals surface area contributed by atoms with Crippen molar-refractivity contribution in [1.29, 1.82) is 0 Å². The molecule has 0 saturated heterocycles. The first-order valence-electron chi connectivity index (χ1n) is 6.01. The molecule has 0 aliphatic carbocycles. The van der Waals surface area contributed by atoms with Crippen molar-refractivity contribution in [3.8, 4) is 0 Å². The lowest BCUT2D eigenvalue weighted by Gasteiger charge is -2.22. The molecule has 1 aliphatic rings. The molecule has 3 heterocycles. The molecule has 0 radical (unpaired) electrons. The van der Waals surface area contributed by atoms with Crippen LogP contribution < -0.4 is 0 Å². The summed E-state index contributed by atoms with van der Waals surface area (Å²) in [4.78, 5) is 5.92. The molecule has 0 amide bonds. The highest BCUT2D eigenvalue weighted by atomic mass is 16.3. The molecule has 2 aromatic heterocycles. The third-order valence-electron chi connectivity index (χ3n) is 3.76. The van der Waals surface area contributed by atoms with E-state index in [2.05, 4.69) is 29.1 Å². The number of hydrogen-bond acceptors (Lipinski definition) is 2. The standard InChI is InChI=1S/C14H14N2O/c1-16-6-4-11-10(8-16)14-9-5-7-17-13(9)3-2-12(14)15-11/h2-3,5,7,15H,4,6,8H2,1H3. The van der Waals surface area contributed by atoms with Gasteiger partial charge in [-0.15, -0.1) is 0 Å². The van der Waals surface area contributed by atoms with E-state index in [1.165, 1.54) is 27.5 Å². The predicted molar refractivity (Wildman–Crippen MR) is 68.1 cm³/mol. The van der Waals surface area contributed by atoms with Crippen LogP contribution in [0.1, 0.15) is 11.3 Å². The zero-order chi connectivity index (χ0) is 11.4. The van der Waals surface area contributed by atoms with Gasteiger partial charge in [0.15, 0.2) is 0 Å². The second-order valence-electron chi connectivity index (χ2n) is 4.89. The summed E-state index contributed by atoms with van der Waals surface area (Å²) in [6.45, 7) is 2.16. The van der Waals surface area contributed by atoms with Crippen molar-refractivity contribution < 1.29 is 4.42 Å². The maximum Gasteiger partial charge on any atom is 0.134 e. The molecule has 0 atom stereocenters. The Morgan fingerprint density at radius 3 is 3.18 bits per heavy atom. The fourth-order valence-corrected chi connectivity index (χ4v) is 2.90. The number of benzene rings is 1. The van der Waals surface area contributed by atoms with Gasteiger partial charge in [0.05, 0.1) is 6.26 Å². The highest BCUT2D eigenvalue weighted by molar-refractivity contribution is 6.07. The number of aromatic nitrogens is 1. The third kappa shape index (κ3) is 1.20. The van der Waals surface area contributed by atoms with Crippen molar-refractivity contribution in [2.24, 2.45) is 0 Å². The highest BCUT2D eigenvalue weighted by Gasteiger charge is 2.20. The quantitative estimate of drug-likeness (QED) is 0.639. The Morgan fingerprint density at radius 1 is 1.29 bits per heavy atom. The minimum atomic E-state index is 0.979. The normalized spacial score (nSPS) is 16.8. The van der Waals surface area contributed by atoms with E-state index in [9.17, 15) is 0 Å². The van der Waals surface area contributed by atoms with Crippen molar-refractivity contribution in [2.75, 3.05) is 13.6 Å². The highest BCUT2D eigenvalue weighted by Crippen LogP contribution is 2.33. The van der Waals surface area contributed by atoms with Crippen LogP contribution in [0.4, 0.5) is 0 Å². The number of nitrogens with one attached hydrogen (secondary N) is 1. The van der Waals surface area contributed by atoms with Crippen molar-refractivity contribution in [1.82, 2.24) is 9.88 Å². The Hall–Kier alpha value is -1.74. The molecule has 86 valence electrons. The van der Waals surface area contributed by atoms with Gasteiger partial charge in [0, 0.05) is 41.5 Å². The van der Waals surface area contributed by atoms with Gasteiger partial charge in [0.2, 0.25) is 0 Å². The van der Waals surface area contributed by atoms with Crippen molar-refractivity contribution in [3.63, 3.8) is 0 Å². The van der Waals surface area contributed by atoms with E-state index in [4.69, 9.17) is 4.42 Å². The van der Waals surface area contributed by atoms with Crippen molar-refractivity contribution >= 4 is 21.9 Å². The number of fused-ring (bicyclic) bond motifs is 5. The summed E-state index contributed by atoms with van der Waals surface area (Å²) in [6.07, 6.45) is 2.88. The van der Waals surface area contributed by atoms with Crippen LogP contribution >= 0.6 is 0 Å². The van der Waals surface area contributed by atoms with E-state index in [0.29, 0.717) is 0 Å². The fourth-order valence-electron chi connectivity index (χ4n) is 2.90. The van der Waals surface area contributed by atoms with E-state index < -0.39 is 0 Å². The van der Waals surface area contributed by atoms with Crippen molar-refractivity contribution in [2.45, 2.75) is 13.0 Å². The molecule has 17 heavy (non-hydrogen) atoms.